The van der Waals surface area contributed by atoms with Crippen molar-refractivity contribution in [2.24, 2.45) is 46.3 Å². The summed E-state index contributed by atoms with van der Waals surface area (Å²) in [5, 5.41) is 22.8. The zero-order valence-electron chi connectivity index (χ0n) is 18.6. The number of rotatable bonds is 4. The van der Waals surface area contributed by atoms with E-state index in [1.807, 2.05) is 0 Å². The zero-order valence-corrected chi connectivity index (χ0v) is 18.6. The molecule has 0 spiro atoms. The molecule has 0 aromatic heterocycles. The van der Waals surface area contributed by atoms with Crippen molar-refractivity contribution in [1.82, 2.24) is 0 Å². The Morgan fingerprint density at radius 1 is 1.17 bits per heavy atom. The molecule has 0 heterocycles. The lowest BCUT2D eigenvalue weighted by molar-refractivity contribution is -0.194. The molecule has 4 rings (SSSR count). The Bertz CT molecular complexity index is 659. The van der Waals surface area contributed by atoms with Crippen molar-refractivity contribution in [1.29, 1.82) is 0 Å². The van der Waals surface area contributed by atoms with Gasteiger partial charge in [0, 0.05) is 6.42 Å². The largest absolute Gasteiger partial charge is 0.469 e. The van der Waals surface area contributed by atoms with Gasteiger partial charge in [0.25, 0.3) is 0 Å². The average molecular weight is 405 g/mol. The van der Waals surface area contributed by atoms with Gasteiger partial charge in [0.1, 0.15) is 0 Å². The Hall–Kier alpha value is -0.870. The fraction of sp³-hybridized carbons (Fsp3) is 0.880. The number of carbonyl (C=O) groups excluding carboxylic acids is 1. The summed E-state index contributed by atoms with van der Waals surface area (Å²) in [6.07, 6.45) is 11.4. The molecular formula is C25H40O4. The molecule has 29 heavy (non-hydrogen) atoms. The molecule has 4 aliphatic carbocycles. The molecule has 0 aromatic carbocycles. The second kappa shape index (κ2) is 7.67. The van der Waals surface area contributed by atoms with Crippen LogP contribution >= 0.6 is 0 Å². The Kier molecular flexibility index (Phi) is 5.65. The number of aliphatic hydroxyl groups is 2. The summed E-state index contributed by atoms with van der Waals surface area (Å²) in [6, 6.07) is 0. The van der Waals surface area contributed by atoms with Crippen molar-refractivity contribution < 1.29 is 19.7 Å². The van der Waals surface area contributed by atoms with Crippen molar-refractivity contribution in [2.45, 2.75) is 84.3 Å². The summed E-state index contributed by atoms with van der Waals surface area (Å²) in [6.45, 7) is 6.94. The minimum atomic E-state index is -0.324. The number of esters is 1. The van der Waals surface area contributed by atoms with Crippen LogP contribution in [0.25, 0.3) is 0 Å². The number of fused-ring (bicyclic) bond motifs is 5. The van der Waals surface area contributed by atoms with E-state index in [1.54, 1.807) is 0 Å². The Morgan fingerprint density at radius 3 is 2.66 bits per heavy atom. The summed E-state index contributed by atoms with van der Waals surface area (Å²) >= 11 is 0. The van der Waals surface area contributed by atoms with Crippen LogP contribution in [0, 0.1) is 46.3 Å². The van der Waals surface area contributed by atoms with E-state index in [-0.39, 0.29) is 29.0 Å². The van der Waals surface area contributed by atoms with Gasteiger partial charge in [0.15, 0.2) is 0 Å². The van der Waals surface area contributed by atoms with Crippen molar-refractivity contribution in [2.75, 3.05) is 7.11 Å². The SMILES string of the molecule is COC(=O)CC[C@@H](C)[C@H]1CC[C@H]2[C@@H]3[C@H](O)C[C@@H]4CC=CC[C@]4(C)[C@@H]3C[C@H](O)[C@]12C. The first kappa shape index (κ1) is 21.4. The normalized spacial score (nSPS) is 49.7. The number of hydrogen-bond acceptors (Lipinski definition) is 4. The molecule has 4 aliphatic rings. The van der Waals surface area contributed by atoms with Crippen molar-refractivity contribution in [3.63, 3.8) is 0 Å². The highest BCUT2D eigenvalue weighted by atomic mass is 16.5. The quantitative estimate of drug-likeness (QED) is 0.540. The summed E-state index contributed by atoms with van der Waals surface area (Å²) in [5.41, 5.74) is 0.0426. The molecule has 2 N–H and O–H groups in total. The summed E-state index contributed by atoms with van der Waals surface area (Å²) in [7, 11) is 1.45. The molecule has 3 saturated carbocycles. The third kappa shape index (κ3) is 3.20. The minimum absolute atomic E-state index is 0.146. The first-order valence-corrected chi connectivity index (χ1v) is 11.8. The lowest BCUT2D eigenvalue weighted by Crippen LogP contribution is -2.61. The van der Waals surface area contributed by atoms with Gasteiger partial charge in [-0.25, -0.2) is 0 Å². The lowest BCUT2D eigenvalue weighted by atomic mass is 9.43. The Balaban J connectivity index is 1.59. The molecule has 4 nitrogen and oxygen atoms in total. The molecule has 0 radical (unpaired) electrons. The third-order valence-electron chi connectivity index (χ3n) is 10.1. The van der Waals surface area contributed by atoms with Crippen molar-refractivity contribution in [3.8, 4) is 0 Å². The van der Waals surface area contributed by atoms with Gasteiger partial charge >= 0.3 is 5.97 Å². The Morgan fingerprint density at radius 2 is 1.93 bits per heavy atom. The maximum atomic E-state index is 11.6. The number of aliphatic hydroxyl groups excluding tert-OH is 2. The minimum Gasteiger partial charge on any atom is -0.469 e. The van der Waals surface area contributed by atoms with Crippen LogP contribution in [-0.4, -0.2) is 35.5 Å². The van der Waals surface area contributed by atoms with Crippen molar-refractivity contribution in [3.05, 3.63) is 12.2 Å². The van der Waals surface area contributed by atoms with Crippen LogP contribution in [-0.2, 0) is 9.53 Å². The van der Waals surface area contributed by atoms with E-state index in [0.29, 0.717) is 41.9 Å². The standard InChI is InChI=1S/C25H40O4/c1-15(8-11-22(28)29-4)17-9-10-18-23-19(14-21(27)25(17,18)3)24(2)12-6-5-7-16(24)13-20(23)26/h5-6,15-21,23,26-27H,7-14H2,1-4H3/t15-,16+,17-,18+,19-,20-,21+,23+,24+,25-/m1/s1. The van der Waals surface area contributed by atoms with Crippen LogP contribution in [0.2, 0.25) is 0 Å². The van der Waals surface area contributed by atoms with E-state index in [0.717, 1.165) is 44.9 Å². The zero-order chi connectivity index (χ0) is 21.0. The van der Waals surface area contributed by atoms with Gasteiger partial charge < -0.3 is 14.9 Å². The first-order chi connectivity index (χ1) is 13.7. The molecule has 0 aromatic rings. The van der Waals surface area contributed by atoms with Crippen LogP contribution in [0.1, 0.15) is 72.1 Å². The predicted octanol–water partition coefficient (Wildman–Crippen LogP) is 4.34. The Labute approximate surface area is 176 Å². The first-order valence-electron chi connectivity index (χ1n) is 11.8. The monoisotopic (exact) mass is 404 g/mol. The fourth-order valence-electron chi connectivity index (χ4n) is 8.38. The highest BCUT2D eigenvalue weighted by Gasteiger charge is 2.65. The molecular weight excluding hydrogens is 364 g/mol. The summed E-state index contributed by atoms with van der Waals surface area (Å²) < 4.78 is 4.84. The molecule has 164 valence electrons. The topological polar surface area (TPSA) is 66.8 Å². The molecule has 0 amide bonds. The number of allylic oxidation sites excluding steroid dienone is 2. The molecule has 0 bridgehead atoms. The average Bonchev–Trinajstić information content (AvgIpc) is 3.05. The maximum Gasteiger partial charge on any atom is 0.305 e. The maximum absolute atomic E-state index is 11.6. The molecule has 4 heteroatoms. The van der Waals surface area contributed by atoms with Gasteiger partial charge in [-0.2, -0.15) is 0 Å². The van der Waals surface area contributed by atoms with E-state index >= 15 is 0 Å². The number of carbonyl (C=O) groups is 1. The van der Waals surface area contributed by atoms with Gasteiger partial charge in [0.05, 0.1) is 19.3 Å². The number of hydrogen-bond donors (Lipinski definition) is 2. The van der Waals surface area contributed by atoms with Gasteiger partial charge in [-0.3, -0.25) is 4.79 Å². The van der Waals surface area contributed by atoms with E-state index < -0.39 is 0 Å². The molecule has 0 unspecified atom stereocenters. The van der Waals surface area contributed by atoms with Gasteiger partial charge in [0.2, 0.25) is 0 Å². The van der Waals surface area contributed by atoms with Gasteiger partial charge in [-0.05, 0) is 91.3 Å². The van der Waals surface area contributed by atoms with Crippen LogP contribution in [0.5, 0.6) is 0 Å². The number of methoxy groups -OCH3 is 1. The molecule has 3 fully saturated rings. The summed E-state index contributed by atoms with van der Waals surface area (Å²) in [5.74, 6) is 2.24. The number of ether oxygens (including phenoxy) is 1. The van der Waals surface area contributed by atoms with E-state index in [9.17, 15) is 15.0 Å². The second-order valence-electron chi connectivity index (χ2n) is 11.1. The van der Waals surface area contributed by atoms with Crippen LogP contribution in [0.15, 0.2) is 12.2 Å². The highest BCUT2D eigenvalue weighted by Crippen LogP contribution is 2.67. The molecule has 0 aliphatic heterocycles. The van der Waals surface area contributed by atoms with E-state index in [4.69, 9.17) is 4.74 Å². The smallest absolute Gasteiger partial charge is 0.305 e. The van der Waals surface area contributed by atoms with Gasteiger partial charge in [-0.15, -0.1) is 0 Å². The molecule has 0 saturated heterocycles. The van der Waals surface area contributed by atoms with Crippen LogP contribution < -0.4 is 0 Å². The third-order valence-corrected chi connectivity index (χ3v) is 10.1. The second-order valence-corrected chi connectivity index (χ2v) is 11.1. The predicted molar refractivity (Wildman–Crippen MR) is 113 cm³/mol. The van der Waals surface area contributed by atoms with E-state index in [2.05, 4.69) is 32.9 Å². The summed E-state index contributed by atoms with van der Waals surface area (Å²) in [4.78, 5) is 11.6. The van der Waals surface area contributed by atoms with E-state index in [1.165, 1.54) is 7.11 Å². The highest BCUT2D eigenvalue weighted by molar-refractivity contribution is 5.69. The molecule has 10 atom stereocenters. The lowest BCUT2D eigenvalue weighted by Gasteiger charge is -2.62. The van der Waals surface area contributed by atoms with Crippen molar-refractivity contribution >= 4 is 5.97 Å². The van der Waals surface area contributed by atoms with Crippen LogP contribution in [0.4, 0.5) is 0 Å². The van der Waals surface area contributed by atoms with Gasteiger partial charge in [-0.1, -0.05) is 32.9 Å². The fourth-order valence-corrected chi connectivity index (χ4v) is 8.38. The van der Waals surface area contributed by atoms with Crippen LogP contribution in [0.3, 0.4) is 0 Å².